The lowest BCUT2D eigenvalue weighted by atomic mass is 10.0. The molecule has 0 radical (unpaired) electrons. The lowest BCUT2D eigenvalue weighted by Crippen LogP contribution is -2.03. The van der Waals surface area contributed by atoms with E-state index in [-0.39, 0.29) is 12.4 Å². The highest BCUT2D eigenvalue weighted by Gasteiger charge is 2.04. The van der Waals surface area contributed by atoms with Crippen LogP contribution in [0.3, 0.4) is 0 Å². The van der Waals surface area contributed by atoms with Gasteiger partial charge in [-0.25, -0.2) is 0 Å². The molecule has 3 rings (SSSR count). The molecule has 15 heavy (non-hydrogen) atoms. The van der Waals surface area contributed by atoms with Crippen LogP contribution in [0.5, 0.6) is 0 Å². The zero-order valence-electron chi connectivity index (χ0n) is 8.23. The van der Waals surface area contributed by atoms with Crippen LogP contribution in [-0.4, -0.2) is 6.54 Å². The lowest BCUT2D eigenvalue weighted by molar-refractivity contribution is 1.32. The smallest absolute Gasteiger partial charge is 0.0422 e. The Kier molecular flexibility index (Phi) is 2.65. The standard InChI is InChI=1S/C13H11N.ClH/c1-2-5-11-9-13-12(6-3-7-14-13)8-10(11)4-1;/h1-6,8-9,14H,7H2;1H. The van der Waals surface area contributed by atoms with E-state index in [4.69, 9.17) is 0 Å². The maximum absolute atomic E-state index is 3.37. The molecule has 1 aliphatic rings. The third-order valence-electron chi connectivity index (χ3n) is 2.63. The van der Waals surface area contributed by atoms with Crippen molar-refractivity contribution in [3.05, 3.63) is 48.0 Å². The van der Waals surface area contributed by atoms with E-state index < -0.39 is 0 Å². The summed E-state index contributed by atoms with van der Waals surface area (Å²) in [5.41, 5.74) is 2.53. The maximum Gasteiger partial charge on any atom is 0.0422 e. The number of anilines is 1. The maximum atomic E-state index is 3.37. The Balaban J connectivity index is 0.000000853. The molecule has 1 nitrogen and oxygen atoms in total. The van der Waals surface area contributed by atoms with Gasteiger partial charge in [0.05, 0.1) is 0 Å². The van der Waals surface area contributed by atoms with Crippen LogP contribution in [0.4, 0.5) is 5.69 Å². The molecule has 0 amide bonds. The molecular formula is C13H12ClN. The van der Waals surface area contributed by atoms with E-state index in [1.807, 2.05) is 0 Å². The van der Waals surface area contributed by atoms with E-state index >= 15 is 0 Å². The van der Waals surface area contributed by atoms with Crippen LogP contribution in [0.2, 0.25) is 0 Å². The Morgan fingerprint density at radius 3 is 2.53 bits per heavy atom. The fourth-order valence-corrected chi connectivity index (χ4v) is 1.90. The van der Waals surface area contributed by atoms with Crippen molar-refractivity contribution in [2.45, 2.75) is 0 Å². The molecule has 0 spiro atoms. The van der Waals surface area contributed by atoms with Crippen LogP contribution >= 0.6 is 12.4 Å². The molecule has 0 unspecified atom stereocenters. The van der Waals surface area contributed by atoms with Gasteiger partial charge in [0.2, 0.25) is 0 Å². The van der Waals surface area contributed by atoms with Gasteiger partial charge in [0.15, 0.2) is 0 Å². The molecule has 0 bridgehead atoms. The Labute approximate surface area is 95.2 Å². The topological polar surface area (TPSA) is 12.0 Å². The van der Waals surface area contributed by atoms with E-state index in [0.717, 1.165) is 6.54 Å². The summed E-state index contributed by atoms with van der Waals surface area (Å²) < 4.78 is 0. The van der Waals surface area contributed by atoms with Crippen LogP contribution < -0.4 is 5.32 Å². The predicted octanol–water partition coefficient (Wildman–Crippen LogP) is 3.70. The predicted molar refractivity (Wildman–Crippen MR) is 68.7 cm³/mol. The third-order valence-corrected chi connectivity index (χ3v) is 2.63. The van der Waals surface area contributed by atoms with Crippen LogP contribution in [0.25, 0.3) is 16.8 Å². The van der Waals surface area contributed by atoms with Crippen LogP contribution in [0.1, 0.15) is 5.56 Å². The van der Waals surface area contributed by atoms with Gasteiger partial charge in [-0.05, 0) is 28.5 Å². The van der Waals surface area contributed by atoms with Gasteiger partial charge in [-0.3, -0.25) is 0 Å². The zero-order chi connectivity index (χ0) is 9.38. The minimum atomic E-state index is 0. The molecular weight excluding hydrogens is 206 g/mol. The molecule has 0 fully saturated rings. The first-order chi connectivity index (χ1) is 6.93. The van der Waals surface area contributed by atoms with Gasteiger partial charge in [-0.2, -0.15) is 0 Å². The highest BCUT2D eigenvalue weighted by Crippen LogP contribution is 2.26. The molecule has 1 N–H and O–H groups in total. The normalized spacial score (nSPS) is 12.8. The number of hydrogen-bond acceptors (Lipinski definition) is 1. The van der Waals surface area contributed by atoms with Gasteiger partial charge >= 0.3 is 0 Å². The summed E-state index contributed by atoms with van der Waals surface area (Å²) in [5.74, 6) is 0. The van der Waals surface area contributed by atoms with Crippen LogP contribution in [0, 0.1) is 0 Å². The van der Waals surface area contributed by atoms with Gasteiger partial charge in [0.1, 0.15) is 0 Å². The van der Waals surface area contributed by atoms with Crippen molar-refractivity contribution in [3.8, 4) is 0 Å². The molecule has 1 aliphatic heterocycles. The SMILES string of the molecule is C1=Cc2cc3ccccc3cc2NC1.Cl. The summed E-state index contributed by atoms with van der Waals surface area (Å²) in [7, 11) is 0. The second kappa shape index (κ2) is 3.95. The van der Waals surface area contributed by atoms with Crippen molar-refractivity contribution in [3.63, 3.8) is 0 Å². The van der Waals surface area contributed by atoms with E-state index in [2.05, 4.69) is 53.9 Å². The number of nitrogens with one attached hydrogen (secondary N) is 1. The number of fused-ring (bicyclic) bond motifs is 2. The first-order valence-corrected chi connectivity index (χ1v) is 4.87. The summed E-state index contributed by atoms with van der Waals surface area (Å²) in [6, 6.07) is 12.9. The molecule has 2 heteroatoms. The molecule has 0 aliphatic carbocycles. The Morgan fingerprint density at radius 2 is 1.73 bits per heavy atom. The quantitative estimate of drug-likeness (QED) is 0.710. The number of rotatable bonds is 0. The van der Waals surface area contributed by atoms with Crippen molar-refractivity contribution in [1.82, 2.24) is 0 Å². The number of hydrogen-bond donors (Lipinski definition) is 1. The van der Waals surface area contributed by atoms with E-state index in [1.165, 1.54) is 22.0 Å². The molecule has 1 heterocycles. The van der Waals surface area contributed by atoms with Gasteiger partial charge in [0, 0.05) is 12.2 Å². The van der Waals surface area contributed by atoms with E-state index in [9.17, 15) is 0 Å². The van der Waals surface area contributed by atoms with Crippen molar-refractivity contribution in [2.24, 2.45) is 0 Å². The molecule has 0 saturated carbocycles. The summed E-state index contributed by atoms with van der Waals surface area (Å²) >= 11 is 0. The highest BCUT2D eigenvalue weighted by molar-refractivity contribution is 5.90. The van der Waals surface area contributed by atoms with Crippen LogP contribution in [0.15, 0.2) is 42.5 Å². The van der Waals surface area contributed by atoms with Crippen molar-refractivity contribution in [2.75, 3.05) is 11.9 Å². The first-order valence-electron chi connectivity index (χ1n) is 4.87. The van der Waals surface area contributed by atoms with Gasteiger partial charge < -0.3 is 5.32 Å². The zero-order valence-corrected chi connectivity index (χ0v) is 9.05. The largest absolute Gasteiger partial charge is 0.381 e. The van der Waals surface area contributed by atoms with Gasteiger partial charge in [-0.1, -0.05) is 36.4 Å². The second-order valence-electron chi connectivity index (χ2n) is 3.57. The van der Waals surface area contributed by atoms with E-state index in [1.54, 1.807) is 0 Å². The van der Waals surface area contributed by atoms with Gasteiger partial charge in [0.25, 0.3) is 0 Å². The fraction of sp³-hybridized carbons (Fsp3) is 0.0769. The molecule has 0 aromatic heterocycles. The van der Waals surface area contributed by atoms with Gasteiger partial charge in [-0.15, -0.1) is 12.4 Å². The summed E-state index contributed by atoms with van der Waals surface area (Å²) in [6.45, 7) is 0.936. The molecule has 0 atom stereocenters. The summed E-state index contributed by atoms with van der Waals surface area (Å²) in [5, 5.41) is 5.97. The average molecular weight is 218 g/mol. The molecule has 2 aromatic rings. The van der Waals surface area contributed by atoms with E-state index in [0.29, 0.717) is 0 Å². The van der Waals surface area contributed by atoms with Crippen molar-refractivity contribution in [1.29, 1.82) is 0 Å². The van der Waals surface area contributed by atoms with Crippen molar-refractivity contribution < 1.29 is 0 Å². The summed E-state index contributed by atoms with van der Waals surface area (Å²) in [6.07, 6.45) is 4.33. The fourth-order valence-electron chi connectivity index (χ4n) is 1.90. The Hall–Kier alpha value is -1.47. The first kappa shape index (κ1) is 10.1. The molecule has 0 saturated heterocycles. The Bertz CT molecular complexity index is 517. The summed E-state index contributed by atoms with van der Waals surface area (Å²) in [4.78, 5) is 0. The number of benzene rings is 2. The highest BCUT2D eigenvalue weighted by atomic mass is 35.5. The monoisotopic (exact) mass is 217 g/mol. The average Bonchev–Trinajstić information content (AvgIpc) is 2.26. The Morgan fingerprint density at radius 1 is 1.00 bits per heavy atom. The number of halogens is 1. The lowest BCUT2D eigenvalue weighted by Gasteiger charge is -2.13. The molecule has 76 valence electrons. The minimum absolute atomic E-state index is 0. The second-order valence-corrected chi connectivity index (χ2v) is 3.57. The minimum Gasteiger partial charge on any atom is -0.381 e. The third kappa shape index (κ3) is 1.71. The van der Waals surface area contributed by atoms with Crippen LogP contribution in [-0.2, 0) is 0 Å². The molecule has 2 aromatic carbocycles. The van der Waals surface area contributed by atoms with Crippen molar-refractivity contribution >= 4 is 34.9 Å².